The van der Waals surface area contributed by atoms with Crippen LogP contribution in [0.4, 0.5) is 4.39 Å². The predicted octanol–water partition coefficient (Wildman–Crippen LogP) is 3.94. The Bertz CT molecular complexity index is 1030. The summed E-state index contributed by atoms with van der Waals surface area (Å²) < 4.78 is 21.6. The molecule has 0 bridgehead atoms. The van der Waals surface area contributed by atoms with Gasteiger partial charge in [0.05, 0.1) is 5.39 Å². The highest BCUT2D eigenvalue weighted by atomic mass is 19.1. The molecule has 0 aliphatic carbocycles. The zero-order chi connectivity index (χ0) is 20.2. The summed E-state index contributed by atoms with van der Waals surface area (Å²) in [5.74, 6) is 0.661. The molecule has 1 aliphatic heterocycles. The molecule has 1 N–H and O–H groups in total. The van der Waals surface area contributed by atoms with Crippen molar-refractivity contribution in [2.24, 2.45) is 0 Å². The van der Waals surface area contributed by atoms with Crippen LogP contribution in [0.3, 0.4) is 0 Å². The number of halogens is 1. The van der Waals surface area contributed by atoms with Gasteiger partial charge in [0.2, 0.25) is 0 Å². The number of hydrogen-bond donors (Lipinski definition) is 1. The van der Waals surface area contributed by atoms with E-state index in [1.165, 1.54) is 0 Å². The molecule has 1 fully saturated rings. The first-order valence-corrected chi connectivity index (χ1v) is 10.3. The Morgan fingerprint density at radius 2 is 2.07 bits per heavy atom. The molecular formula is C23H26FN3O2. The molecule has 3 heterocycles. The number of nitrogens with one attached hydrogen (secondary N) is 1. The van der Waals surface area contributed by atoms with Gasteiger partial charge < -0.3 is 14.6 Å². The number of alkyl halides is 1. The van der Waals surface area contributed by atoms with Crippen molar-refractivity contribution >= 4 is 10.8 Å². The van der Waals surface area contributed by atoms with Crippen LogP contribution in [0.5, 0.6) is 5.75 Å². The van der Waals surface area contributed by atoms with Gasteiger partial charge in [0.25, 0.3) is 5.56 Å². The lowest BCUT2D eigenvalue weighted by molar-refractivity contribution is 0.0732. The van der Waals surface area contributed by atoms with Crippen LogP contribution >= 0.6 is 0 Å². The minimum absolute atomic E-state index is 0.00912. The quantitative estimate of drug-likeness (QED) is 0.687. The van der Waals surface area contributed by atoms with Gasteiger partial charge in [0, 0.05) is 37.2 Å². The van der Waals surface area contributed by atoms with Gasteiger partial charge in [-0.15, -0.1) is 0 Å². The fourth-order valence-corrected chi connectivity index (χ4v) is 3.78. The Kier molecular flexibility index (Phi) is 5.90. The fraction of sp³-hybridized carbons (Fsp3) is 0.391. The molecule has 0 spiro atoms. The maximum absolute atomic E-state index is 14.0. The van der Waals surface area contributed by atoms with Gasteiger partial charge in [-0.2, -0.15) is 0 Å². The zero-order valence-electron chi connectivity index (χ0n) is 16.6. The van der Waals surface area contributed by atoms with E-state index in [-0.39, 0.29) is 5.56 Å². The molecule has 0 unspecified atom stereocenters. The second-order valence-electron chi connectivity index (χ2n) is 7.51. The van der Waals surface area contributed by atoms with Crippen LogP contribution in [0.2, 0.25) is 0 Å². The molecule has 1 aliphatic rings. The van der Waals surface area contributed by atoms with Crippen LogP contribution in [0, 0.1) is 0 Å². The molecule has 2 aromatic heterocycles. The van der Waals surface area contributed by atoms with E-state index in [1.807, 2.05) is 36.5 Å². The molecular weight excluding hydrogens is 369 g/mol. The van der Waals surface area contributed by atoms with Crippen molar-refractivity contribution in [3.8, 4) is 16.9 Å². The molecule has 1 saturated heterocycles. The Morgan fingerprint density at radius 3 is 2.83 bits per heavy atom. The molecule has 5 nitrogen and oxygen atoms in total. The van der Waals surface area contributed by atoms with Crippen molar-refractivity contribution in [2.45, 2.75) is 45.0 Å². The van der Waals surface area contributed by atoms with E-state index in [0.29, 0.717) is 30.6 Å². The minimum Gasteiger partial charge on any atom is -0.487 e. The number of aryl methyl sites for hydroxylation is 1. The average Bonchev–Trinajstić information content (AvgIpc) is 2.76. The number of fused-ring (bicyclic) bond motifs is 1. The normalized spacial score (nSPS) is 19.4. The Hall–Kier alpha value is -2.73. The molecule has 4 rings (SSSR count). The van der Waals surface area contributed by atoms with Gasteiger partial charge in [0.1, 0.15) is 18.0 Å². The van der Waals surface area contributed by atoms with Crippen LogP contribution in [-0.2, 0) is 6.54 Å². The summed E-state index contributed by atoms with van der Waals surface area (Å²) in [7, 11) is 0. The maximum atomic E-state index is 14.0. The molecule has 1 aromatic carbocycles. The van der Waals surface area contributed by atoms with Crippen LogP contribution in [0.1, 0.15) is 26.2 Å². The van der Waals surface area contributed by atoms with Gasteiger partial charge >= 0.3 is 0 Å². The van der Waals surface area contributed by atoms with E-state index in [4.69, 9.17) is 4.74 Å². The number of aromatic nitrogens is 2. The summed E-state index contributed by atoms with van der Waals surface area (Å²) in [6.07, 6.45) is 6.48. The highest BCUT2D eigenvalue weighted by molar-refractivity contribution is 5.95. The first-order valence-electron chi connectivity index (χ1n) is 10.3. The van der Waals surface area contributed by atoms with Crippen molar-refractivity contribution in [3.63, 3.8) is 0 Å². The van der Waals surface area contributed by atoms with Crippen molar-refractivity contribution in [1.29, 1.82) is 0 Å². The van der Waals surface area contributed by atoms with E-state index in [1.54, 1.807) is 17.0 Å². The lowest BCUT2D eigenvalue weighted by atomic mass is 10.0. The van der Waals surface area contributed by atoms with Gasteiger partial charge in [-0.25, -0.2) is 4.39 Å². The fourth-order valence-electron chi connectivity index (χ4n) is 3.78. The third-order valence-electron chi connectivity index (χ3n) is 5.44. The average molecular weight is 395 g/mol. The predicted molar refractivity (Wildman–Crippen MR) is 113 cm³/mol. The summed E-state index contributed by atoms with van der Waals surface area (Å²) in [5, 5.41) is 4.54. The number of hydrogen-bond acceptors (Lipinski definition) is 4. The van der Waals surface area contributed by atoms with E-state index < -0.39 is 12.3 Å². The lowest BCUT2D eigenvalue weighted by Crippen LogP contribution is -2.44. The Morgan fingerprint density at radius 1 is 1.24 bits per heavy atom. The number of nitrogens with zero attached hydrogens (tertiary/aromatic N) is 2. The van der Waals surface area contributed by atoms with E-state index in [2.05, 4.69) is 17.2 Å². The van der Waals surface area contributed by atoms with Crippen molar-refractivity contribution in [3.05, 3.63) is 59.3 Å². The monoisotopic (exact) mass is 395 g/mol. The van der Waals surface area contributed by atoms with Crippen molar-refractivity contribution in [1.82, 2.24) is 14.9 Å². The van der Waals surface area contributed by atoms with Crippen LogP contribution in [0.15, 0.2) is 53.7 Å². The Labute approximate surface area is 169 Å². The number of benzene rings is 1. The van der Waals surface area contributed by atoms with Crippen molar-refractivity contribution in [2.75, 3.05) is 13.1 Å². The highest BCUT2D eigenvalue weighted by Crippen LogP contribution is 2.29. The number of rotatable bonds is 6. The summed E-state index contributed by atoms with van der Waals surface area (Å²) in [5.41, 5.74) is 1.96. The molecule has 29 heavy (non-hydrogen) atoms. The molecule has 0 saturated carbocycles. The molecule has 3 aromatic rings. The highest BCUT2D eigenvalue weighted by Gasteiger charge is 2.26. The lowest BCUT2D eigenvalue weighted by Gasteiger charge is -2.27. The summed E-state index contributed by atoms with van der Waals surface area (Å²) >= 11 is 0. The van der Waals surface area contributed by atoms with Crippen molar-refractivity contribution < 1.29 is 9.13 Å². The zero-order valence-corrected chi connectivity index (χ0v) is 16.6. The second kappa shape index (κ2) is 8.74. The second-order valence-corrected chi connectivity index (χ2v) is 7.51. The minimum atomic E-state index is -0.998. The van der Waals surface area contributed by atoms with Gasteiger partial charge in [-0.05, 0) is 48.5 Å². The largest absolute Gasteiger partial charge is 0.487 e. The Balaban J connectivity index is 1.67. The number of ether oxygens (including phenoxy) is 1. The standard InChI is InChI=1S/C23H26FN3O2/c1-2-3-12-27-15-20(18-8-10-25-13-19(18)23(27)28)16-4-6-17(7-5-16)29-22-9-11-26-14-21(22)24/h4-8,10,13,15,21-22,26H,2-3,9,11-12,14H2,1H3/t21-,22-/m0/s1. The molecule has 2 atom stereocenters. The smallest absolute Gasteiger partial charge is 0.260 e. The van der Waals surface area contributed by atoms with Gasteiger partial charge in [0.15, 0.2) is 0 Å². The van der Waals surface area contributed by atoms with Crippen LogP contribution < -0.4 is 15.6 Å². The summed E-state index contributed by atoms with van der Waals surface area (Å²) in [4.78, 5) is 16.9. The summed E-state index contributed by atoms with van der Waals surface area (Å²) in [6.45, 7) is 3.89. The number of piperidine rings is 1. The maximum Gasteiger partial charge on any atom is 0.260 e. The van der Waals surface area contributed by atoms with E-state index in [0.717, 1.165) is 35.9 Å². The van der Waals surface area contributed by atoms with Gasteiger partial charge in [-0.3, -0.25) is 9.78 Å². The third kappa shape index (κ3) is 4.17. The molecule has 0 radical (unpaired) electrons. The third-order valence-corrected chi connectivity index (χ3v) is 5.44. The van der Waals surface area contributed by atoms with Crippen LogP contribution in [-0.4, -0.2) is 34.9 Å². The number of pyridine rings is 2. The number of unbranched alkanes of at least 4 members (excludes halogenated alkanes) is 1. The first-order chi connectivity index (χ1) is 14.2. The SMILES string of the molecule is CCCCn1cc(-c2ccc(O[C@H]3CCNC[C@@H]3F)cc2)c2ccncc2c1=O. The first kappa shape index (κ1) is 19.6. The van der Waals surface area contributed by atoms with E-state index in [9.17, 15) is 9.18 Å². The molecule has 6 heteroatoms. The van der Waals surface area contributed by atoms with Crippen LogP contribution in [0.25, 0.3) is 21.9 Å². The van der Waals surface area contributed by atoms with Gasteiger partial charge in [-0.1, -0.05) is 25.5 Å². The molecule has 152 valence electrons. The molecule has 0 amide bonds. The topological polar surface area (TPSA) is 56.1 Å². The summed E-state index contributed by atoms with van der Waals surface area (Å²) in [6, 6.07) is 9.56. The van der Waals surface area contributed by atoms with E-state index >= 15 is 0 Å².